The first-order valence-corrected chi connectivity index (χ1v) is 6.78. The molecule has 1 aromatic rings. The van der Waals surface area contributed by atoms with E-state index in [2.05, 4.69) is 33.0 Å². The minimum absolute atomic E-state index is 0.386. The van der Waals surface area contributed by atoms with Crippen molar-refractivity contribution < 1.29 is 4.74 Å². The molecule has 3 nitrogen and oxygen atoms in total. The summed E-state index contributed by atoms with van der Waals surface area (Å²) in [5.41, 5.74) is 2.85. The van der Waals surface area contributed by atoms with Crippen molar-refractivity contribution in [3.8, 4) is 6.07 Å². The summed E-state index contributed by atoms with van der Waals surface area (Å²) < 4.78 is 5.39. The summed E-state index contributed by atoms with van der Waals surface area (Å²) in [6.07, 6.45) is 1.03. The Labute approximate surface area is 110 Å². The van der Waals surface area contributed by atoms with Gasteiger partial charge in [0.25, 0.3) is 0 Å². The first kappa shape index (κ1) is 12.4. The molecule has 1 aliphatic rings. The molecule has 0 amide bonds. The number of ether oxygens (including phenoxy) is 1. The maximum absolute atomic E-state index is 9.21. The SMILES string of the molecule is CN(c1ccc(CBr)cc1C#N)C1CCOC1. The molecule has 1 unspecified atom stereocenters. The Kier molecular flexibility index (Phi) is 4.03. The van der Waals surface area contributed by atoms with Crippen LogP contribution in [-0.4, -0.2) is 26.3 Å². The van der Waals surface area contributed by atoms with Crippen molar-refractivity contribution >= 4 is 21.6 Å². The molecule has 1 atom stereocenters. The standard InChI is InChI=1S/C13H15BrN2O/c1-16(12-4-5-17-9-12)13-3-2-10(7-14)6-11(13)8-15/h2-3,6,12H,4-5,7,9H2,1H3. The number of nitrogens with zero attached hydrogens (tertiary/aromatic N) is 2. The van der Waals surface area contributed by atoms with Crippen LogP contribution in [0, 0.1) is 11.3 Å². The van der Waals surface area contributed by atoms with Crippen LogP contribution in [0.15, 0.2) is 18.2 Å². The first-order chi connectivity index (χ1) is 8.26. The van der Waals surface area contributed by atoms with E-state index in [0.717, 1.165) is 41.8 Å². The van der Waals surface area contributed by atoms with Gasteiger partial charge in [0.15, 0.2) is 0 Å². The second kappa shape index (κ2) is 5.52. The minimum atomic E-state index is 0.386. The normalized spacial score (nSPS) is 19.0. The van der Waals surface area contributed by atoms with Crippen LogP contribution in [0.2, 0.25) is 0 Å². The lowest BCUT2D eigenvalue weighted by Crippen LogP contribution is -2.32. The Morgan fingerprint density at radius 1 is 1.59 bits per heavy atom. The highest BCUT2D eigenvalue weighted by Crippen LogP contribution is 2.25. The molecule has 0 spiro atoms. The van der Waals surface area contributed by atoms with Crippen molar-refractivity contribution in [2.24, 2.45) is 0 Å². The smallest absolute Gasteiger partial charge is 0.101 e. The molecule has 1 aromatic carbocycles. The van der Waals surface area contributed by atoms with Crippen LogP contribution in [0.1, 0.15) is 17.5 Å². The Morgan fingerprint density at radius 3 is 3.00 bits per heavy atom. The topological polar surface area (TPSA) is 36.3 Å². The van der Waals surface area contributed by atoms with Gasteiger partial charge in [0.2, 0.25) is 0 Å². The van der Waals surface area contributed by atoms with E-state index in [9.17, 15) is 5.26 Å². The summed E-state index contributed by atoms with van der Waals surface area (Å²) in [6.45, 7) is 1.57. The van der Waals surface area contributed by atoms with Gasteiger partial charge in [-0.25, -0.2) is 0 Å². The molecule has 0 aromatic heterocycles. The maximum Gasteiger partial charge on any atom is 0.101 e. The fourth-order valence-electron chi connectivity index (χ4n) is 2.09. The van der Waals surface area contributed by atoms with E-state index >= 15 is 0 Å². The summed E-state index contributed by atoms with van der Waals surface area (Å²) in [4.78, 5) is 2.16. The number of halogens is 1. The number of hydrogen-bond acceptors (Lipinski definition) is 3. The zero-order chi connectivity index (χ0) is 12.3. The average molecular weight is 295 g/mol. The van der Waals surface area contributed by atoms with Crippen molar-refractivity contribution in [2.75, 3.05) is 25.2 Å². The lowest BCUT2D eigenvalue weighted by molar-refractivity contribution is 0.193. The van der Waals surface area contributed by atoms with E-state index in [-0.39, 0.29) is 0 Å². The van der Waals surface area contributed by atoms with Crippen LogP contribution in [0.5, 0.6) is 0 Å². The van der Waals surface area contributed by atoms with Gasteiger partial charge in [0.1, 0.15) is 6.07 Å². The van der Waals surface area contributed by atoms with Gasteiger partial charge >= 0.3 is 0 Å². The van der Waals surface area contributed by atoms with Gasteiger partial charge in [-0.1, -0.05) is 22.0 Å². The van der Waals surface area contributed by atoms with Crippen LogP contribution in [-0.2, 0) is 10.1 Å². The molecule has 1 fully saturated rings. The third-order valence-corrected chi connectivity index (χ3v) is 3.82. The van der Waals surface area contributed by atoms with Crippen LogP contribution in [0.3, 0.4) is 0 Å². The van der Waals surface area contributed by atoms with Gasteiger partial charge < -0.3 is 9.64 Å². The molecule has 0 saturated carbocycles. The zero-order valence-corrected chi connectivity index (χ0v) is 11.4. The van der Waals surface area contributed by atoms with Gasteiger partial charge in [-0.2, -0.15) is 5.26 Å². The summed E-state index contributed by atoms with van der Waals surface area (Å²) >= 11 is 3.41. The van der Waals surface area contributed by atoms with Crippen LogP contribution in [0.25, 0.3) is 0 Å². The molecule has 90 valence electrons. The molecule has 2 rings (SSSR count). The molecule has 0 bridgehead atoms. The van der Waals surface area contributed by atoms with Crippen LogP contribution in [0.4, 0.5) is 5.69 Å². The van der Waals surface area contributed by atoms with E-state index in [1.807, 2.05) is 19.2 Å². The quantitative estimate of drug-likeness (QED) is 0.804. The number of hydrogen-bond donors (Lipinski definition) is 0. The third kappa shape index (κ3) is 2.62. The number of likely N-dealkylation sites (N-methyl/N-ethyl adjacent to an activating group) is 1. The zero-order valence-electron chi connectivity index (χ0n) is 9.82. The van der Waals surface area contributed by atoms with Crippen molar-refractivity contribution in [1.29, 1.82) is 5.26 Å². The fourth-order valence-corrected chi connectivity index (χ4v) is 2.44. The number of benzene rings is 1. The first-order valence-electron chi connectivity index (χ1n) is 5.66. The van der Waals surface area contributed by atoms with Gasteiger partial charge in [-0.05, 0) is 24.1 Å². The molecular formula is C13H15BrN2O. The Morgan fingerprint density at radius 2 is 2.41 bits per heavy atom. The van der Waals surface area contributed by atoms with Crippen molar-refractivity contribution in [1.82, 2.24) is 0 Å². The molecule has 0 radical (unpaired) electrons. The molecule has 17 heavy (non-hydrogen) atoms. The second-order valence-corrected chi connectivity index (χ2v) is 4.79. The maximum atomic E-state index is 9.21. The highest BCUT2D eigenvalue weighted by atomic mass is 79.9. The van der Waals surface area contributed by atoms with E-state index in [1.54, 1.807) is 0 Å². The largest absolute Gasteiger partial charge is 0.379 e. The van der Waals surface area contributed by atoms with Crippen molar-refractivity contribution in [3.05, 3.63) is 29.3 Å². The monoisotopic (exact) mass is 294 g/mol. The fraction of sp³-hybridized carbons (Fsp3) is 0.462. The van der Waals surface area contributed by atoms with E-state index in [0.29, 0.717) is 6.04 Å². The number of rotatable bonds is 3. The molecule has 1 saturated heterocycles. The molecule has 1 heterocycles. The van der Waals surface area contributed by atoms with Gasteiger partial charge in [0.05, 0.1) is 23.9 Å². The highest BCUT2D eigenvalue weighted by molar-refractivity contribution is 9.08. The Hall–Kier alpha value is -1.05. The van der Waals surface area contributed by atoms with Gasteiger partial charge in [-0.15, -0.1) is 0 Å². The summed E-state index contributed by atoms with van der Waals surface area (Å²) in [5.74, 6) is 0. The third-order valence-electron chi connectivity index (χ3n) is 3.17. The van der Waals surface area contributed by atoms with Crippen molar-refractivity contribution in [3.63, 3.8) is 0 Å². The highest BCUT2D eigenvalue weighted by Gasteiger charge is 2.22. The van der Waals surface area contributed by atoms with E-state index in [1.165, 1.54) is 0 Å². The molecule has 1 aliphatic heterocycles. The van der Waals surface area contributed by atoms with E-state index in [4.69, 9.17) is 4.74 Å². The average Bonchev–Trinajstić information content (AvgIpc) is 2.91. The molecule has 0 N–H and O–H groups in total. The molecular weight excluding hydrogens is 280 g/mol. The van der Waals surface area contributed by atoms with Gasteiger partial charge in [0, 0.05) is 19.0 Å². The number of nitriles is 1. The Bertz CT molecular complexity index is 436. The van der Waals surface area contributed by atoms with Crippen molar-refractivity contribution in [2.45, 2.75) is 17.8 Å². The number of alkyl halides is 1. The lowest BCUT2D eigenvalue weighted by atomic mass is 10.1. The van der Waals surface area contributed by atoms with Gasteiger partial charge in [-0.3, -0.25) is 0 Å². The summed E-state index contributed by atoms with van der Waals surface area (Å²) in [7, 11) is 2.03. The van der Waals surface area contributed by atoms with Crippen LogP contribution < -0.4 is 4.90 Å². The van der Waals surface area contributed by atoms with E-state index < -0.39 is 0 Å². The summed E-state index contributed by atoms with van der Waals surface area (Å²) in [5, 5.41) is 9.98. The van der Waals surface area contributed by atoms with Crippen LogP contribution >= 0.6 is 15.9 Å². The molecule has 0 aliphatic carbocycles. The number of anilines is 1. The minimum Gasteiger partial charge on any atom is -0.379 e. The predicted molar refractivity (Wildman–Crippen MR) is 71.4 cm³/mol. The molecule has 4 heteroatoms. The Balaban J connectivity index is 2.28. The predicted octanol–water partition coefficient (Wildman–Crippen LogP) is 2.68. The lowest BCUT2D eigenvalue weighted by Gasteiger charge is -2.26. The summed E-state index contributed by atoms with van der Waals surface area (Å²) in [6, 6.07) is 8.67. The second-order valence-electron chi connectivity index (χ2n) is 4.23.